The smallest absolute Gasteiger partial charge is 0.152 e. The molecule has 1 aromatic carbocycles. The van der Waals surface area contributed by atoms with Gasteiger partial charge in [0, 0.05) is 35.9 Å². The Balaban J connectivity index is 2.17. The summed E-state index contributed by atoms with van der Waals surface area (Å²) in [4.78, 5) is 6.11. The highest BCUT2D eigenvalue weighted by Gasteiger charge is 2.21. The van der Waals surface area contributed by atoms with Crippen LogP contribution < -0.4 is 4.90 Å². The largest absolute Gasteiger partial charge is 0.377 e. The summed E-state index contributed by atoms with van der Waals surface area (Å²) in [6.45, 7) is 3.97. The molecule has 2 aromatic rings. The van der Waals surface area contributed by atoms with Crippen LogP contribution in [0.2, 0.25) is 0 Å². The zero-order valence-electron chi connectivity index (χ0n) is 10.6. The molecule has 0 amide bonds. The van der Waals surface area contributed by atoms with Crippen molar-refractivity contribution in [3.05, 3.63) is 36.0 Å². The van der Waals surface area contributed by atoms with E-state index in [4.69, 9.17) is 4.74 Å². The highest BCUT2D eigenvalue weighted by molar-refractivity contribution is 5.92. The predicted molar refractivity (Wildman–Crippen MR) is 69.3 cm³/mol. The monoisotopic (exact) mass is 264 g/mol. The lowest BCUT2D eigenvalue weighted by atomic mass is 10.1. The molecule has 0 saturated carbocycles. The lowest BCUT2D eigenvalue weighted by molar-refractivity contribution is 0.0991. The zero-order valence-corrected chi connectivity index (χ0v) is 10.6. The fraction of sp³-hybridized carbons (Fsp3) is 0.357. The average molecular weight is 264 g/mol. The van der Waals surface area contributed by atoms with Crippen molar-refractivity contribution in [1.82, 2.24) is 4.98 Å². The predicted octanol–water partition coefficient (Wildman–Crippen LogP) is 2.74. The zero-order chi connectivity index (χ0) is 13.4. The van der Waals surface area contributed by atoms with Gasteiger partial charge in [-0.15, -0.1) is 0 Å². The fourth-order valence-corrected chi connectivity index (χ4v) is 2.50. The summed E-state index contributed by atoms with van der Waals surface area (Å²) < 4.78 is 32.6. The highest BCUT2D eigenvalue weighted by Crippen LogP contribution is 2.29. The van der Waals surface area contributed by atoms with Crippen LogP contribution in [0, 0.1) is 11.6 Å². The van der Waals surface area contributed by atoms with Crippen LogP contribution in [0.3, 0.4) is 0 Å². The summed E-state index contributed by atoms with van der Waals surface area (Å²) >= 11 is 0. The first-order chi connectivity index (χ1) is 9.16. The average Bonchev–Trinajstić information content (AvgIpc) is 2.39. The number of anilines is 1. The van der Waals surface area contributed by atoms with E-state index in [0.29, 0.717) is 25.1 Å². The lowest BCUT2D eigenvalue weighted by Crippen LogP contribution is -2.43. The molecule has 1 aliphatic rings. The third-order valence-electron chi connectivity index (χ3n) is 3.42. The normalized spacial score (nSPS) is 19.9. The Morgan fingerprint density at radius 2 is 2.21 bits per heavy atom. The Morgan fingerprint density at radius 1 is 1.37 bits per heavy atom. The van der Waals surface area contributed by atoms with Gasteiger partial charge < -0.3 is 9.64 Å². The highest BCUT2D eigenvalue weighted by atomic mass is 19.1. The van der Waals surface area contributed by atoms with Crippen molar-refractivity contribution >= 4 is 16.6 Å². The molecule has 1 atom stereocenters. The fourth-order valence-electron chi connectivity index (χ4n) is 2.50. The number of ether oxygens (including phenoxy) is 1. The molecule has 1 saturated heterocycles. The van der Waals surface area contributed by atoms with Crippen LogP contribution in [0.5, 0.6) is 0 Å². The van der Waals surface area contributed by atoms with Crippen LogP contribution >= 0.6 is 0 Å². The number of pyridine rings is 1. The van der Waals surface area contributed by atoms with Gasteiger partial charge in [-0.2, -0.15) is 0 Å². The van der Waals surface area contributed by atoms with Crippen molar-refractivity contribution in [1.29, 1.82) is 0 Å². The minimum Gasteiger partial charge on any atom is -0.377 e. The summed E-state index contributed by atoms with van der Waals surface area (Å²) in [5.74, 6) is -1.21. The van der Waals surface area contributed by atoms with Gasteiger partial charge in [0.2, 0.25) is 0 Å². The molecule has 0 spiro atoms. The first kappa shape index (κ1) is 12.3. The number of hydrogen-bond donors (Lipinski definition) is 0. The molecular formula is C14H14F2N2O. The summed E-state index contributed by atoms with van der Waals surface area (Å²) in [6.07, 6.45) is 1.56. The molecule has 2 heterocycles. The molecule has 3 rings (SSSR count). The van der Waals surface area contributed by atoms with E-state index in [-0.39, 0.29) is 11.6 Å². The Bertz CT molecular complexity index is 618. The minimum absolute atomic E-state index is 0.172. The molecule has 100 valence electrons. The number of morpholine rings is 1. The van der Waals surface area contributed by atoms with E-state index in [1.165, 1.54) is 6.07 Å². The Morgan fingerprint density at radius 3 is 3.00 bits per heavy atom. The van der Waals surface area contributed by atoms with Crippen molar-refractivity contribution in [2.45, 2.75) is 13.0 Å². The molecular weight excluding hydrogens is 250 g/mol. The quantitative estimate of drug-likeness (QED) is 0.792. The van der Waals surface area contributed by atoms with Crippen LogP contribution in [0.4, 0.5) is 14.5 Å². The molecule has 1 aromatic heterocycles. The van der Waals surface area contributed by atoms with E-state index in [9.17, 15) is 8.78 Å². The van der Waals surface area contributed by atoms with E-state index in [2.05, 4.69) is 9.88 Å². The Labute approximate surface area is 109 Å². The van der Waals surface area contributed by atoms with Crippen LogP contribution in [-0.2, 0) is 4.74 Å². The van der Waals surface area contributed by atoms with Crippen molar-refractivity contribution < 1.29 is 13.5 Å². The Kier molecular flexibility index (Phi) is 3.06. The number of nitrogens with zero attached hydrogens (tertiary/aromatic N) is 2. The van der Waals surface area contributed by atoms with Gasteiger partial charge in [-0.05, 0) is 19.1 Å². The molecule has 0 radical (unpaired) electrons. The molecule has 5 heteroatoms. The van der Waals surface area contributed by atoms with Gasteiger partial charge in [0.05, 0.1) is 13.2 Å². The van der Waals surface area contributed by atoms with E-state index < -0.39 is 11.6 Å². The molecule has 3 nitrogen and oxygen atoms in total. The van der Waals surface area contributed by atoms with Gasteiger partial charge >= 0.3 is 0 Å². The number of rotatable bonds is 1. The maximum atomic E-state index is 13.7. The van der Waals surface area contributed by atoms with E-state index in [1.54, 1.807) is 12.3 Å². The second-order valence-electron chi connectivity index (χ2n) is 4.73. The summed E-state index contributed by atoms with van der Waals surface area (Å²) in [7, 11) is 0. The molecule has 19 heavy (non-hydrogen) atoms. The van der Waals surface area contributed by atoms with Gasteiger partial charge in [0.15, 0.2) is 5.82 Å². The van der Waals surface area contributed by atoms with Gasteiger partial charge in [0.25, 0.3) is 0 Å². The third-order valence-corrected chi connectivity index (χ3v) is 3.42. The van der Waals surface area contributed by atoms with E-state index >= 15 is 0 Å². The lowest BCUT2D eigenvalue weighted by Gasteiger charge is -2.35. The molecule has 0 bridgehead atoms. The number of hydrogen-bond acceptors (Lipinski definition) is 3. The molecule has 0 aliphatic carbocycles. The maximum absolute atomic E-state index is 13.7. The van der Waals surface area contributed by atoms with Gasteiger partial charge in [0.1, 0.15) is 11.3 Å². The number of benzene rings is 1. The summed E-state index contributed by atoms with van der Waals surface area (Å²) in [5, 5.41) is 0.508. The van der Waals surface area contributed by atoms with Crippen molar-refractivity contribution in [3.8, 4) is 0 Å². The molecule has 1 fully saturated rings. The minimum atomic E-state index is -0.627. The van der Waals surface area contributed by atoms with E-state index in [0.717, 1.165) is 11.8 Å². The van der Waals surface area contributed by atoms with Crippen LogP contribution in [0.25, 0.3) is 10.9 Å². The molecule has 1 aliphatic heterocycles. The first-order valence-electron chi connectivity index (χ1n) is 6.25. The van der Waals surface area contributed by atoms with E-state index in [1.807, 2.05) is 6.92 Å². The van der Waals surface area contributed by atoms with Crippen LogP contribution in [0.1, 0.15) is 6.92 Å². The van der Waals surface area contributed by atoms with Gasteiger partial charge in [-0.1, -0.05) is 0 Å². The van der Waals surface area contributed by atoms with Crippen LogP contribution in [0.15, 0.2) is 24.4 Å². The molecule has 1 unspecified atom stereocenters. The summed E-state index contributed by atoms with van der Waals surface area (Å²) in [6, 6.07) is 4.17. The second-order valence-corrected chi connectivity index (χ2v) is 4.73. The third kappa shape index (κ3) is 2.14. The van der Waals surface area contributed by atoms with Crippen molar-refractivity contribution in [2.24, 2.45) is 0 Å². The van der Waals surface area contributed by atoms with Gasteiger partial charge in [-0.3, -0.25) is 4.98 Å². The maximum Gasteiger partial charge on any atom is 0.152 e. The molecule has 0 N–H and O–H groups in total. The second kappa shape index (κ2) is 4.74. The summed E-state index contributed by atoms with van der Waals surface area (Å²) in [5.41, 5.74) is 1.01. The van der Waals surface area contributed by atoms with Crippen molar-refractivity contribution in [2.75, 3.05) is 24.7 Å². The standard InChI is InChI=1S/C14H14F2N2O/c1-9-8-19-5-4-18(9)13-2-3-17-14-11(13)6-10(15)7-12(14)16/h2-3,6-7,9H,4-5,8H2,1H3. The van der Waals surface area contributed by atoms with Gasteiger partial charge in [-0.25, -0.2) is 8.78 Å². The number of aromatic nitrogens is 1. The van der Waals surface area contributed by atoms with Crippen molar-refractivity contribution in [3.63, 3.8) is 0 Å². The Hall–Kier alpha value is -1.75. The first-order valence-corrected chi connectivity index (χ1v) is 6.25. The SMILES string of the molecule is CC1COCCN1c1ccnc2c(F)cc(F)cc12. The van der Waals surface area contributed by atoms with Crippen LogP contribution in [-0.4, -0.2) is 30.8 Å². The topological polar surface area (TPSA) is 25.4 Å². The number of halogens is 2. The number of fused-ring (bicyclic) bond motifs is 1.